The Kier molecular flexibility index (Phi) is 5.89. The van der Waals surface area contributed by atoms with Crippen LogP contribution < -0.4 is 15.4 Å². The Labute approximate surface area is 161 Å². The highest BCUT2D eigenvalue weighted by molar-refractivity contribution is 5.90. The fourth-order valence-electron chi connectivity index (χ4n) is 3.36. The Bertz CT molecular complexity index is 680. The lowest BCUT2D eigenvalue weighted by Crippen LogP contribution is -2.59. The minimum Gasteiger partial charge on any atom is -0.497 e. The largest absolute Gasteiger partial charge is 0.497 e. The molecule has 1 aliphatic heterocycles. The number of carbonyl (C=O) groups is 2. The van der Waals surface area contributed by atoms with Crippen molar-refractivity contribution >= 4 is 17.5 Å². The van der Waals surface area contributed by atoms with Crippen LogP contribution in [0.25, 0.3) is 0 Å². The molecule has 0 atom stereocenters. The van der Waals surface area contributed by atoms with Crippen molar-refractivity contribution in [1.29, 1.82) is 0 Å². The summed E-state index contributed by atoms with van der Waals surface area (Å²) >= 11 is 0. The van der Waals surface area contributed by atoms with Crippen LogP contribution in [0.15, 0.2) is 24.3 Å². The lowest BCUT2D eigenvalue weighted by atomic mass is 9.85. The number of hydrogen-bond donors (Lipinski definition) is 2. The second kappa shape index (κ2) is 8.17. The topological polar surface area (TPSA) is 73.9 Å². The fraction of sp³-hybridized carbons (Fsp3) is 0.600. The quantitative estimate of drug-likeness (QED) is 0.753. The van der Waals surface area contributed by atoms with E-state index >= 15 is 0 Å². The van der Waals surface area contributed by atoms with Gasteiger partial charge in [-0.25, -0.2) is 0 Å². The molecular formula is C20H30N4O3. The zero-order valence-corrected chi connectivity index (χ0v) is 16.5. The van der Waals surface area contributed by atoms with Gasteiger partial charge in [-0.2, -0.15) is 0 Å². The van der Waals surface area contributed by atoms with Crippen molar-refractivity contribution < 1.29 is 14.3 Å². The number of piperidine rings is 1. The molecule has 27 heavy (non-hydrogen) atoms. The Morgan fingerprint density at radius 1 is 1.26 bits per heavy atom. The highest BCUT2D eigenvalue weighted by Gasteiger charge is 2.43. The molecule has 2 fully saturated rings. The Hall–Kier alpha value is -2.28. The molecule has 0 bridgehead atoms. The number of rotatable bonds is 7. The summed E-state index contributed by atoms with van der Waals surface area (Å²) in [4.78, 5) is 28.8. The number of hydrogen-bond acceptors (Lipinski definition) is 5. The van der Waals surface area contributed by atoms with Gasteiger partial charge < -0.3 is 20.3 Å². The third kappa shape index (κ3) is 4.91. The monoisotopic (exact) mass is 374 g/mol. The van der Waals surface area contributed by atoms with Crippen LogP contribution in [0.1, 0.15) is 25.7 Å². The van der Waals surface area contributed by atoms with Crippen LogP contribution in [0.2, 0.25) is 0 Å². The number of nitrogens with zero attached hydrogens (tertiary/aromatic N) is 2. The number of benzene rings is 1. The molecule has 0 spiro atoms. The van der Waals surface area contributed by atoms with Crippen molar-refractivity contribution in [1.82, 2.24) is 15.1 Å². The summed E-state index contributed by atoms with van der Waals surface area (Å²) in [6.07, 6.45) is 3.43. The molecule has 7 nitrogen and oxygen atoms in total. The molecule has 0 aromatic heterocycles. The van der Waals surface area contributed by atoms with Crippen LogP contribution >= 0.6 is 0 Å². The molecule has 1 aliphatic carbocycles. The number of methoxy groups -OCH3 is 1. The number of nitrogens with one attached hydrogen (secondary N) is 2. The van der Waals surface area contributed by atoms with Gasteiger partial charge in [0.2, 0.25) is 11.8 Å². The SMILES string of the molecule is COc1cccc(NC2(C(=O)NC3CC3)CCN(CC(=O)N(C)C)CC2)c1. The molecule has 7 heteroatoms. The van der Waals surface area contributed by atoms with Crippen molar-refractivity contribution in [2.45, 2.75) is 37.3 Å². The number of likely N-dealkylation sites (tertiary alicyclic amines) is 1. The molecule has 1 heterocycles. The molecule has 1 aromatic rings. The summed E-state index contributed by atoms with van der Waals surface area (Å²) in [5, 5.41) is 6.65. The third-order valence-electron chi connectivity index (χ3n) is 5.37. The molecule has 3 rings (SSSR count). The lowest BCUT2D eigenvalue weighted by molar-refractivity contribution is -0.131. The van der Waals surface area contributed by atoms with Gasteiger partial charge in [-0.3, -0.25) is 14.5 Å². The average molecular weight is 374 g/mol. The van der Waals surface area contributed by atoms with Crippen LogP contribution in [0.3, 0.4) is 0 Å². The van der Waals surface area contributed by atoms with E-state index in [-0.39, 0.29) is 11.8 Å². The molecule has 1 aromatic carbocycles. The van der Waals surface area contributed by atoms with E-state index in [4.69, 9.17) is 4.74 Å². The van der Waals surface area contributed by atoms with Crippen molar-refractivity contribution in [2.24, 2.45) is 0 Å². The van der Waals surface area contributed by atoms with E-state index in [0.717, 1.165) is 24.3 Å². The van der Waals surface area contributed by atoms with Gasteiger partial charge in [0, 0.05) is 45.0 Å². The first kappa shape index (κ1) is 19.5. The number of amides is 2. The van der Waals surface area contributed by atoms with E-state index < -0.39 is 5.54 Å². The zero-order chi connectivity index (χ0) is 19.4. The molecular weight excluding hydrogens is 344 g/mol. The molecule has 1 saturated heterocycles. The van der Waals surface area contributed by atoms with Crippen LogP contribution in [-0.2, 0) is 9.59 Å². The van der Waals surface area contributed by atoms with Gasteiger partial charge in [-0.1, -0.05) is 6.07 Å². The average Bonchev–Trinajstić information content (AvgIpc) is 3.47. The first-order valence-electron chi connectivity index (χ1n) is 9.57. The molecule has 2 amide bonds. The van der Waals surface area contributed by atoms with Crippen LogP contribution in [0.5, 0.6) is 5.75 Å². The number of carbonyl (C=O) groups excluding carboxylic acids is 2. The van der Waals surface area contributed by atoms with E-state index in [0.29, 0.717) is 38.5 Å². The van der Waals surface area contributed by atoms with Gasteiger partial charge in [0.25, 0.3) is 0 Å². The van der Waals surface area contributed by atoms with E-state index in [1.54, 1.807) is 26.1 Å². The predicted octanol–water partition coefficient (Wildman–Crippen LogP) is 1.31. The lowest BCUT2D eigenvalue weighted by Gasteiger charge is -2.41. The fourth-order valence-corrected chi connectivity index (χ4v) is 3.36. The summed E-state index contributed by atoms with van der Waals surface area (Å²) < 4.78 is 5.30. The van der Waals surface area contributed by atoms with Crippen LogP contribution in [0, 0.1) is 0 Å². The summed E-state index contributed by atoms with van der Waals surface area (Å²) in [6, 6.07) is 7.98. The first-order valence-corrected chi connectivity index (χ1v) is 9.57. The third-order valence-corrected chi connectivity index (χ3v) is 5.37. The minimum atomic E-state index is -0.660. The smallest absolute Gasteiger partial charge is 0.245 e. The maximum Gasteiger partial charge on any atom is 0.245 e. The van der Waals surface area contributed by atoms with Crippen molar-refractivity contribution in [3.63, 3.8) is 0 Å². The maximum absolute atomic E-state index is 13.1. The second-order valence-corrected chi connectivity index (χ2v) is 7.75. The normalized spacial score (nSPS) is 19.2. The highest BCUT2D eigenvalue weighted by atomic mass is 16.5. The van der Waals surface area contributed by atoms with Crippen molar-refractivity contribution in [2.75, 3.05) is 46.2 Å². The molecule has 0 radical (unpaired) electrons. The van der Waals surface area contributed by atoms with E-state index in [2.05, 4.69) is 15.5 Å². The van der Waals surface area contributed by atoms with Crippen molar-refractivity contribution in [3.05, 3.63) is 24.3 Å². The van der Waals surface area contributed by atoms with Gasteiger partial charge in [0.1, 0.15) is 11.3 Å². The zero-order valence-electron chi connectivity index (χ0n) is 16.5. The standard InChI is InChI=1S/C20H30N4O3/c1-23(2)18(25)14-24-11-9-20(10-12-24,19(26)21-15-7-8-15)22-16-5-4-6-17(13-16)27-3/h4-6,13,15,22H,7-12,14H2,1-3H3,(H,21,26). The Morgan fingerprint density at radius 3 is 2.56 bits per heavy atom. The van der Waals surface area contributed by atoms with Gasteiger partial charge in [0.15, 0.2) is 0 Å². The van der Waals surface area contributed by atoms with E-state index in [1.165, 1.54) is 0 Å². The van der Waals surface area contributed by atoms with E-state index in [9.17, 15) is 9.59 Å². The van der Waals surface area contributed by atoms with Crippen LogP contribution in [0.4, 0.5) is 5.69 Å². The molecule has 2 N–H and O–H groups in total. The number of anilines is 1. The molecule has 0 unspecified atom stereocenters. The number of ether oxygens (including phenoxy) is 1. The summed E-state index contributed by atoms with van der Waals surface area (Å²) in [7, 11) is 5.17. The Balaban J connectivity index is 1.71. The predicted molar refractivity (Wildman–Crippen MR) is 105 cm³/mol. The van der Waals surface area contributed by atoms with Gasteiger partial charge in [0.05, 0.1) is 13.7 Å². The number of likely N-dealkylation sites (N-methyl/N-ethyl adjacent to an activating group) is 1. The first-order chi connectivity index (χ1) is 12.9. The summed E-state index contributed by atoms with van der Waals surface area (Å²) in [5.74, 6) is 0.906. The van der Waals surface area contributed by atoms with Gasteiger partial charge in [-0.15, -0.1) is 0 Å². The van der Waals surface area contributed by atoms with E-state index in [1.807, 2.05) is 24.3 Å². The maximum atomic E-state index is 13.1. The molecule has 2 aliphatic rings. The molecule has 148 valence electrons. The summed E-state index contributed by atoms with van der Waals surface area (Å²) in [6.45, 7) is 1.80. The van der Waals surface area contributed by atoms with Crippen LogP contribution in [-0.4, -0.2) is 74.0 Å². The molecule has 1 saturated carbocycles. The minimum absolute atomic E-state index is 0.0615. The summed E-state index contributed by atoms with van der Waals surface area (Å²) in [5.41, 5.74) is 0.213. The van der Waals surface area contributed by atoms with Crippen molar-refractivity contribution in [3.8, 4) is 5.75 Å². The van der Waals surface area contributed by atoms with Gasteiger partial charge >= 0.3 is 0 Å². The van der Waals surface area contributed by atoms with Gasteiger partial charge in [-0.05, 0) is 37.8 Å². The Morgan fingerprint density at radius 2 is 1.96 bits per heavy atom. The second-order valence-electron chi connectivity index (χ2n) is 7.75. The highest BCUT2D eigenvalue weighted by Crippen LogP contribution is 2.30.